The lowest BCUT2D eigenvalue weighted by Gasteiger charge is -2.37. The fraction of sp³-hybridized carbons (Fsp3) is 0.593. The monoisotopic (exact) mass is 1790 g/mol. The van der Waals surface area contributed by atoms with Crippen molar-refractivity contribution in [3.05, 3.63) is 134 Å². The summed E-state index contributed by atoms with van der Waals surface area (Å²) in [4.78, 5) is 64.1. The van der Waals surface area contributed by atoms with Crippen LogP contribution in [0.15, 0.2) is 71.0 Å². The molecule has 0 radical (unpaired) electrons. The largest absolute Gasteiger partial charge is 0.465 e. The van der Waals surface area contributed by atoms with Crippen LogP contribution in [0, 0.1) is 87.6 Å². The van der Waals surface area contributed by atoms with Gasteiger partial charge >= 0.3 is 23.9 Å². The number of esters is 4. The molecule has 19 heteroatoms. The molecule has 0 bridgehead atoms. The predicted molar refractivity (Wildman–Crippen MR) is 474 cm³/mol. The molecule has 596 valence electrons. The highest BCUT2D eigenvalue weighted by molar-refractivity contribution is 14.1. The lowest BCUT2D eigenvalue weighted by Crippen LogP contribution is -2.34. The summed E-state index contributed by atoms with van der Waals surface area (Å²) in [6, 6.07) is 14.8. The summed E-state index contributed by atoms with van der Waals surface area (Å²) >= 11 is 10.7. The number of hydrogen-bond donors (Lipinski definition) is 2. The maximum atomic E-state index is 12.8. The predicted octanol–water partition coefficient (Wildman–Crippen LogP) is 22.1. The van der Waals surface area contributed by atoms with Crippen molar-refractivity contribution in [1.29, 1.82) is 0 Å². The number of carbonyl (C=O) groups excluding carboxylic acids is 4. The van der Waals surface area contributed by atoms with Crippen molar-refractivity contribution in [2.75, 3.05) is 87.8 Å². The van der Waals surface area contributed by atoms with Gasteiger partial charge in [0.2, 0.25) is 0 Å². The first kappa shape index (κ1) is 87.6. The zero-order valence-electron chi connectivity index (χ0n) is 68.2. The van der Waals surface area contributed by atoms with Gasteiger partial charge in [0.1, 0.15) is 19.5 Å². The van der Waals surface area contributed by atoms with Gasteiger partial charge in [0.05, 0.1) is 49.7 Å². The van der Waals surface area contributed by atoms with E-state index in [0.717, 1.165) is 161 Å². The van der Waals surface area contributed by atoms with E-state index < -0.39 is 0 Å². The number of ether oxygens (including phenoxy) is 4. The molecule has 0 unspecified atom stereocenters. The fourth-order valence-corrected chi connectivity index (χ4v) is 22.8. The number of aromatic nitrogens is 1. The average molecular weight is 1800 g/mol. The molecular formula is C91H121I2N5O8S4. The molecule has 4 fully saturated rings. The molecule has 5 aromatic rings. The molecule has 2 N–H and O–H groups in total. The number of rotatable bonds is 14. The highest BCUT2D eigenvalue weighted by Gasteiger charge is 2.36. The Hall–Kier alpha value is -4.79. The Morgan fingerprint density at radius 1 is 0.473 bits per heavy atom. The first-order chi connectivity index (χ1) is 52.6. The van der Waals surface area contributed by atoms with Gasteiger partial charge in [-0.3, -0.25) is 9.88 Å². The maximum absolute atomic E-state index is 12.8. The van der Waals surface area contributed by atoms with Gasteiger partial charge < -0.3 is 34.5 Å². The molecule has 13 rings (SSSR count). The van der Waals surface area contributed by atoms with Crippen LogP contribution in [0.1, 0.15) is 274 Å². The molecule has 0 spiro atoms. The van der Waals surface area contributed by atoms with E-state index in [9.17, 15) is 19.2 Å². The van der Waals surface area contributed by atoms with Crippen LogP contribution in [0.2, 0.25) is 0 Å². The minimum Gasteiger partial charge on any atom is -0.465 e. The lowest BCUT2D eigenvalue weighted by atomic mass is 9.75. The minimum absolute atomic E-state index is 0.0619. The van der Waals surface area contributed by atoms with Crippen LogP contribution < -0.4 is 10.6 Å². The van der Waals surface area contributed by atoms with Gasteiger partial charge in [-0.15, -0.1) is 45.3 Å². The maximum Gasteiger partial charge on any atom is 0.348 e. The normalized spacial score (nSPS) is 23.7. The van der Waals surface area contributed by atoms with E-state index in [-0.39, 0.29) is 34.7 Å². The van der Waals surface area contributed by atoms with Crippen LogP contribution in [-0.2, 0) is 25.5 Å². The van der Waals surface area contributed by atoms with Gasteiger partial charge in [0, 0.05) is 85.1 Å². The number of halogens is 2. The second kappa shape index (κ2) is 41.2. The first-order valence-electron chi connectivity index (χ1n) is 40.5. The first-order valence-corrected chi connectivity index (χ1v) is 45.9. The Labute approximate surface area is 701 Å². The van der Waals surface area contributed by atoms with E-state index in [0.29, 0.717) is 33.4 Å². The van der Waals surface area contributed by atoms with Gasteiger partial charge in [-0.05, 0) is 312 Å². The number of methoxy groups -OCH3 is 4. The van der Waals surface area contributed by atoms with Crippen molar-refractivity contribution in [2.24, 2.45) is 58.2 Å². The van der Waals surface area contributed by atoms with Crippen LogP contribution in [0.3, 0.4) is 0 Å². The van der Waals surface area contributed by atoms with Gasteiger partial charge in [0.15, 0.2) is 0 Å². The summed E-state index contributed by atoms with van der Waals surface area (Å²) in [5.41, 5.74) is 17.0. The molecule has 0 saturated heterocycles. The summed E-state index contributed by atoms with van der Waals surface area (Å²) in [7, 11) is 8.09. The van der Waals surface area contributed by atoms with Crippen LogP contribution >= 0.6 is 90.5 Å². The highest BCUT2D eigenvalue weighted by Crippen LogP contribution is 2.47. The standard InChI is InChI=1S/C30H38N2O2S.C24H33NO2S.C19H26INO2S.C18H24INO2S/c1-21-9-11-22(12-10-21)27-20-32(19-23-8-6-7-16-31-23)17-14-25(27)26-18-24(13-15-30(2,3)4)35-28(26)29(33)34-5;1-16-6-8-17(9-7-16)21-15-25-13-11-19(21)20-14-18(10-12-24(2,3)4)28-22(20)23(26)27-5;1-12-4-6-13(7-5-12)16-11-21(2)9-8-14(16)15-10-17(20)24-18(15)19(22)23-3;1-11-3-5-12(6-4-11)15-10-20-8-7-13(15)14-9-16(19)23-17(14)18(21)22-2/h6-8,16,18,21-22H,9-12,14,17,19-20H2,1-5H3;14,16-17,25H,6-9,11,13,15H2,1-5H3;10,12-13H,4-9,11H2,1-3H3;9,11-12,20H,3-8,10H2,1-2H3. The van der Waals surface area contributed by atoms with Gasteiger partial charge in [-0.1, -0.05) is 109 Å². The number of nitrogens with zero attached hydrogens (tertiary/aromatic N) is 3. The summed E-state index contributed by atoms with van der Waals surface area (Å²) in [5.74, 6) is 18.3. The van der Waals surface area contributed by atoms with E-state index in [2.05, 4.69) is 207 Å². The molecular weight excluding hydrogens is 1670 g/mol. The Morgan fingerprint density at radius 3 is 1.18 bits per heavy atom. The zero-order chi connectivity index (χ0) is 79.0. The Balaban J connectivity index is 0.000000158. The molecule has 9 heterocycles. The Morgan fingerprint density at radius 2 is 0.818 bits per heavy atom. The second-order valence-corrected chi connectivity index (χ2v) is 42.2. The molecule has 8 aliphatic rings. The number of nitrogens with one attached hydrogen (secondary N) is 2. The number of thiophene rings is 4. The smallest absolute Gasteiger partial charge is 0.348 e. The number of hydrogen-bond acceptors (Lipinski definition) is 17. The average Bonchev–Trinajstić information content (AvgIpc) is 1.27. The molecule has 4 aliphatic heterocycles. The summed E-state index contributed by atoms with van der Waals surface area (Å²) in [6.07, 6.45) is 26.4. The van der Waals surface area contributed by atoms with Gasteiger partial charge in [-0.2, -0.15) is 0 Å². The Bertz CT molecular complexity index is 4260. The van der Waals surface area contributed by atoms with E-state index >= 15 is 0 Å². The van der Waals surface area contributed by atoms with Crippen LogP contribution in [0.4, 0.5) is 0 Å². The van der Waals surface area contributed by atoms with E-state index in [4.69, 9.17) is 18.9 Å². The molecule has 0 amide bonds. The summed E-state index contributed by atoms with van der Waals surface area (Å²) in [5, 5.41) is 7.10. The summed E-state index contributed by atoms with van der Waals surface area (Å²) < 4.78 is 22.7. The molecule has 4 aliphatic carbocycles. The Kier molecular flexibility index (Phi) is 32.8. The molecule has 0 atom stereocenters. The van der Waals surface area contributed by atoms with Crippen LogP contribution in [0.5, 0.6) is 0 Å². The van der Waals surface area contributed by atoms with E-state index in [1.165, 1.54) is 187 Å². The molecule has 5 aromatic heterocycles. The second-order valence-electron chi connectivity index (χ2n) is 34.2. The lowest BCUT2D eigenvalue weighted by molar-refractivity contribution is 0.0597. The molecule has 0 aromatic carbocycles. The third-order valence-electron chi connectivity index (χ3n) is 23.5. The summed E-state index contributed by atoms with van der Waals surface area (Å²) in [6.45, 7) is 30.8. The van der Waals surface area contributed by atoms with Crippen molar-refractivity contribution < 1.29 is 38.1 Å². The van der Waals surface area contributed by atoms with Crippen molar-refractivity contribution in [2.45, 2.75) is 204 Å². The fourth-order valence-electron chi connectivity index (χ4n) is 17.2. The molecule has 110 heavy (non-hydrogen) atoms. The quantitative estimate of drug-likeness (QED) is 0.0471. The topological polar surface area (TPSA) is 149 Å². The van der Waals surface area contributed by atoms with Crippen LogP contribution in [0.25, 0.3) is 22.3 Å². The van der Waals surface area contributed by atoms with E-state index in [1.807, 2.05) is 12.3 Å². The number of pyridine rings is 1. The van der Waals surface area contributed by atoms with Gasteiger partial charge in [0.25, 0.3) is 0 Å². The van der Waals surface area contributed by atoms with E-state index in [1.54, 1.807) is 33.8 Å². The van der Waals surface area contributed by atoms with Crippen molar-refractivity contribution in [3.8, 4) is 23.7 Å². The molecule has 13 nitrogen and oxygen atoms in total. The third-order valence-corrected chi connectivity index (χ3v) is 29.3. The van der Waals surface area contributed by atoms with Crippen molar-refractivity contribution >= 4 is 137 Å². The minimum atomic E-state index is -0.256. The van der Waals surface area contributed by atoms with Gasteiger partial charge in [-0.25, -0.2) is 19.2 Å². The van der Waals surface area contributed by atoms with Crippen molar-refractivity contribution in [1.82, 2.24) is 25.4 Å². The zero-order valence-corrected chi connectivity index (χ0v) is 75.8. The number of carbonyl (C=O) groups is 4. The number of likely N-dealkylation sites (N-methyl/N-ethyl adjacent to an activating group) is 1. The van der Waals surface area contributed by atoms with Crippen molar-refractivity contribution in [3.63, 3.8) is 0 Å². The van der Waals surface area contributed by atoms with Crippen LogP contribution in [-0.4, -0.2) is 127 Å². The molecule has 4 saturated carbocycles. The SMILES string of the molecule is COC(=O)c1sc(C#CC(C)(C)C)cc1C1=C(C2CCC(C)CC2)CN(Cc2ccccn2)CC1.COC(=O)c1sc(C#CC(C)(C)C)cc1C1=C(C2CCC(C)CC2)CNCC1.COC(=O)c1sc(I)cc1C1=C(C2CCC(C)CC2)CN(C)CC1.COC(=O)c1sc(I)cc1C1=C(C2CCC(C)CC2)CNCC1. The third kappa shape index (κ3) is 24.2. The highest BCUT2D eigenvalue weighted by atomic mass is 127.